The van der Waals surface area contributed by atoms with E-state index < -0.39 is 35.5 Å². The van der Waals surface area contributed by atoms with E-state index in [1.54, 1.807) is 19.1 Å². The Balaban J connectivity index is 2.89. The quantitative estimate of drug-likeness (QED) is 0.496. The van der Waals surface area contributed by atoms with Crippen molar-refractivity contribution in [3.8, 4) is 0 Å². The molecular weight excluding hydrogens is 358 g/mol. The molecule has 0 bridgehead atoms. The van der Waals surface area contributed by atoms with Gasteiger partial charge in [0, 0.05) is 6.20 Å². The molecular formula is C18H19NO8. The fourth-order valence-electron chi connectivity index (χ4n) is 2.83. The predicted octanol–water partition coefficient (Wildman–Crippen LogP) is 0.387. The minimum atomic E-state index is -1.34. The zero-order valence-corrected chi connectivity index (χ0v) is 15.3. The second-order valence-electron chi connectivity index (χ2n) is 5.29. The third-order valence-electron chi connectivity index (χ3n) is 3.91. The summed E-state index contributed by atoms with van der Waals surface area (Å²) in [6.45, 7) is 1.65. The van der Waals surface area contributed by atoms with Gasteiger partial charge in [0.1, 0.15) is 0 Å². The monoisotopic (exact) mass is 377 g/mol. The number of rotatable bonds is 5. The molecule has 0 spiro atoms. The van der Waals surface area contributed by atoms with E-state index in [-0.39, 0.29) is 23.5 Å². The highest BCUT2D eigenvalue weighted by Crippen LogP contribution is 2.37. The first-order valence-corrected chi connectivity index (χ1v) is 7.96. The summed E-state index contributed by atoms with van der Waals surface area (Å²) in [7, 11) is 3.31. The van der Waals surface area contributed by atoms with E-state index in [1.807, 2.05) is 0 Å². The molecule has 0 radical (unpaired) electrons. The number of carbonyl (C=O) groups is 4. The van der Waals surface area contributed by atoms with Crippen LogP contribution in [0.5, 0.6) is 0 Å². The van der Waals surface area contributed by atoms with Crippen LogP contribution in [0.15, 0.2) is 46.8 Å². The van der Waals surface area contributed by atoms with Gasteiger partial charge in [-0.15, -0.1) is 0 Å². The summed E-state index contributed by atoms with van der Waals surface area (Å²) in [6.07, 6.45) is 6.20. The smallest absolute Gasteiger partial charge is 0.340 e. The number of esters is 4. The Labute approximate surface area is 155 Å². The van der Waals surface area contributed by atoms with Crippen molar-refractivity contribution in [2.24, 2.45) is 0 Å². The van der Waals surface area contributed by atoms with Crippen LogP contribution in [0.25, 0.3) is 0 Å². The Kier molecular flexibility index (Phi) is 6.17. The van der Waals surface area contributed by atoms with Crippen molar-refractivity contribution >= 4 is 23.9 Å². The summed E-state index contributed by atoms with van der Waals surface area (Å²) in [6, 6.07) is -1.34. The molecule has 0 saturated carbocycles. The molecule has 1 atom stereocenters. The molecule has 144 valence electrons. The molecule has 0 aromatic rings. The molecule has 9 heteroatoms. The molecule has 0 N–H and O–H groups in total. The summed E-state index contributed by atoms with van der Waals surface area (Å²) in [4.78, 5) is 51.4. The molecule has 1 unspecified atom stereocenters. The van der Waals surface area contributed by atoms with E-state index in [9.17, 15) is 19.2 Å². The van der Waals surface area contributed by atoms with Crippen LogP contribution < -0.4 is 0 Å². The zero-order chi connectivity index (χ0) is 20.1. The number of hydrogen-bond acceptors (Lipinski definition) is 9. The Bertz CT molecular complexity index is 802. The summed E-state index contributed by atoms with van der Waals surface area (Å²) >= 11 is 0. The second-order valence-corrected chi connectivity index (χ2v) is 5.29. The predicted molar refractivity (Wildman–Crippen MR) is 90.6 cm³/mol. The van der Waals surface area contributed by atoms with Crippen LogP contribution >= 0.6 is 0 Å². The summed E-state index contributed by atoms with van der Waals surface area (Å²) in [5, 5.41) is 0. The minimum Gasteiger partial charge on any atom is -0.466 e. The first kappa shape index (κ1) is 20.0. The average Bonchev–Trinajstić information content (AvgIpc) is 2.70. The summed E-state index contributed by atoms with van der Waals surface area (Å²) < 4.78 is 19.4. The van der Waals surface area contributed by atoms with Crippen LogP contribution in [-0.4, -0.2) is 62.8 Å². The third kappa shape index (κ3) is 3.48. The number of carbonyl (C=O) groups excluding carboxylic acids is 4. The van der Waals surface area contributed by atoms with Crippen molar-refractivity contribution in [2.75, 3.05) is 27.9 Å². The van der Waals surface area contributed by atoms with Crippen LogP contribution in [0.1, 0.15) is 6.92 Å². The molecule has 2 rings (SSSR count). The van der Waals surface area contributed by atoms with Crippen molar-refractivity contribution in [3.05, 3.63) is 46.8 Å². The Morgan fingerprint density at radius 1 is 0.926 bits per heavy atom. The van der Waals surface area contributed by atoms with Gasteiger partial charge >= 0.3 is 23.9 Å². The van der Waals surface area contributed by atoms with E-state index in [0.717, 1.165) is 21.3 Å². The summed E-state index contributed by atoms with van der Waals surface area (Å²) in [5.41, 5.74) is -0.797. The molecule has 9 nitrogen and oxygen atoms in total. The lowest BCUT2D eigenvalue weighted by Crippen LogP contribution is -2.47. The van der Waals surface area contributed by atoms with E-state index in [1.165, 1.54) is 17.2 Å². The van der Waals surface area contributed by atoms with Crippen LogP contribution in [-0.2, 0) is 38.1 Å². The third-order valence-corrected chi connectivity index (χ3v) is 3.91. The van der Waals surface area contributed by atoms with Crippen LogP contribution in [0.2, 0.25) is 0 Å². The van der Waals surface area contributed by atoms with Gasteiger partial charge in [-0.1, -0.05) is 6.08 Å². The maximum atomic E-state index is 12.6. The van der Waals surface area contributed by atoms with Crippen molar-refractivity contribution < 1.29 is 38.1 Å². The van der Waals surface area contributed by atoms with Crippen LogP contribution in [0, 0.1) is 0 Å². The fraction of sp³-hybridized carbons (Fsp3) is 0.333. The van der Waals surface area contributed by atoms with Gasteiger partial charge in [0.05, 0.1) is 50.4 Å². The summed E-state index contributed by atoms with van der Waals surface area (Å²) in [5.74, 6) is -3.63. The maximum Gasteiger partial charge on any atom is 0.340 e. The number of fused-ring (bicyclic) bond motifs is 1. The minimum absolute atomic E-state index is 0.0492. The van der Waals surface area contributed by atoms with Crippen molar-refractivity contribution in [2.45, 2.75) is 13.0 Å². The average molecular weight is 377 g/mol. The van der Waals surface area contributed by atoms with E-state index in [2.05, 4.69) is 0 Å². The molecule has 0 aromatic carbocycles. The van der Waals surface area contributed by atoms with Gasteiger partial charge < -0.3 is 23.8 Å². The van der Waals surface area contributed by atoms with Crippen LogP contribution in [0.3, 0.4) is 0 Å². The normalized spacial score (nSPS) is 18.1. The molecule has 0 saturated heterocycles. The molecule has 2 aliphatic heterocycles. The molecule has 0 amide bonds. The van der Waals surface area contributed by atoms with Gasteiger partial charge in [-0.25, -0.2) is 19.2 Å². The lowest BCUT2D eigenvalue weighted by Gasteiger charge is -2.37. The Morgan fingerprint density at radius 3 is 2.07 bits per heavy atom. The SMILES string of the molecule is CCOC(=O)C1C(C(=O)OC)=C(C(=O)OC)C(C(=O)OC)=C2C=CC=CN21. The Hall–Kier alpha value is -3.36. The first-order valence-electron chi connectivity index (χ1n) is 7.96. The first-order chi connectivity index (χ1) is 12.9. The lowest BCUT2D eigenvalue weighted by atomic mass is 9.87. The molecule has 27 heavy (non-hydrogen) atoms. The largest absolute Gasteiger partial charge is 0.466 e. The number of allylic oxidation sites excluding steroid dienone is 3. The van der Waals surface area contributed by atoms with E-state index in [4.69, 9.17) is 18.9 Å². The molecule has 0 fully saturated rings. The highest BCUT2D eigenvalue weighted by Gasteiger charge is 2.47. The van der Waals surface area contributed by atoms with E-state index >= 15 is 0 Å². The van der Waals surface area contributed by atoms with Crippen molar-refractivity contribution in [1.82, 2.24) is 4.90 Å². The second kappa shape index (κ2) is 8.35. The number of hydrogen-bond donors (Lipinski definition) is 0. The maximum absolute atomic E-state index is 12.6. The van der Waals surface area contributed by atoms with Gasteiger partial charge in [0.2, 0.25) is 0 Å². The number of ether oxygens (including phenoxy) is 4. The number of methoxy groups -OCH3 is 3. The van der Waals surface area contributed by atoms with Crippen molar-refractivity contribution in [3.63, 3.8) is 0 Å². The molecule has 0 aromatic heterocycles. The standard InChI is InChI=1S/C18H19NO8/c1-5-27-18(23)14-13(17(22)26-4)12(16(21)25-3)11(15(20)24-2)10-8-6-7-9-19(10)14/h6-9,14H,5H2,1-4H3. The highest BCUT2D eigenvalue weighted by molar-refractivity contribution is 6.15. The fourth-order valence-corrected chi connectivity index (χ4v) is 2.83. The molecule has 2 aliphatic rings. The van der Waals surface area contributed by atoms with Crippen LogP contribution in [0.4, 0.5) is 0 Å². The lowest BCUT2D eigenvalue weighted by molar-refractivity contribution is -0.150. The molecule has 2 heterocycles. The molecule has 0 aliphatic carbocycles. The van der Waals surface area contributed by atoms with Crippen molar-refractivity contribution in [1.29, 1.82) is 0 Å². The zero-order valence-electron chi connectivity index (χ0n) is 15.3. The van der Waals surface area contributed by atoms with Gasteiger partial charge in [0.15, 0.2) is 6.04 Å². The Morgan fingerprint density at radius 2 is 1.52 bits per heavy atom. The van der Waals surface area contributed by atoms with Gasteiger partial charge in [0.25, 0.3) is 0 Å². The number of nitrogens with zero attached hydrogens (tertiary/aromatic N) is 1. The topological polar surface area (TPSA) is 108 Å². The van der Waals surface area contributed by atoms with Gasteiger partial charge in [-0.05, 0) is 19.1 Å². The van der Waals surface area contributed by atoms with Gasteiger partial charge in [-0.3, -0.25) is 0 Å². The van der Waals surface area contributed by atoms with E-state index in [0.29, 0.717) is 0 Å². The van der Waals surface area contributed by atoms with Gasteiger partial charge in [-0.2, -0.15) is 0 Å². The highest BCUT2D eigenvalue weighted by atomic mass is 16.5.